The van der Waals surface area contributed by atoms with Crippen molar-refractivity contribution in [2.24, 2.45) is 7.05 Å². The maximum Gasteiger partial charge on any atom is 0.399 e. The predicted molar refractivity (Wildman–Crippen MR) is 162 cm³/mol. The number of aromatic nitrogens is 3. The fourth-order valence-electron chi connectivity index (χ4n) is 6.83. The Hall–Kier alpha value is -3.30. The zero-order valence-electron chi connectivity index (χ0n) is 25.4. The number of benzene rings is 1. The Morgan fingerprint density at radius 1 is 1.17 bits per heavy atom. The van der Waals surface area contributed by atoms with E-state index in [1.807, 2.05) is 20.9 Å². The summed E-state index contributed by atoms with van der Waals surface area (Å²) in [6, 6.07) is 2.81. The van der Waals surface area contributed by atoms with Crippen LogP contribution in [0.3, 0.4) is 0 Å². The fraction of sp³-hybridized carbons (Fsp3) is 0.552. The van der Waals surface area contributed by atoms with Crippen molar-refractivity contribution in [3.63, 3.8) is 0 Å². The molecule has 248 valence electrons. The zero-order valence-corrected chi connectivity index (χ0v) is 27.1. The number of carbonyl (C=O) groups excluding carboxylic acids is 3. The summed E-state index contributed by atoms with van der Waals surface area (Å²) in [5.41, 5.74) is -6.05. The first-order valence-corrected chi connectivity index (χ1v) is 17.5. The molecule has 3 aliphatic rings. The lowest BCUT2D eigenvalue weighted by atomic mass is 9.91. The number of nitrogens with zero attached hydrogens (tertiary/aromatic N) is 5. The summed E-state index contributed by atoms with van der Waals surface area (Å²) in [7, 11) is -3.94. The monoisotopic (exact) mass is 680 g/mol. The number of carbonyl (C=O) groups is 3. The highest BCUT2D eigenvalue weighted by molar-refractivity contribution is 7.52. The van der Waals surface area contributed by atoms with Gasteiger partial charge in [-0.15, -0.1) is 21.5 Å². The van der Waals surface area contributed by atoms with E-state index in [2.05, 4.69) is 15.5 Å². The number of hydrogen-bond donors (Lipinski definition) is 3. The van der Waals surface area contributed by atoms with Gasteiger partial charge in [0.15, 0.2) is 11.4 Å². The van der Waals surface area contributed by atoms with E-state index in [1.54, 1.807) is 20.7 Å². The number of fused-ring (bicyclic) bond motifs is 2. The number of amides is 3. The van der Waals surface area contributed by atoms with Crippen molar-refractivity contribution in [3.8, 4) is 0 Å². The Bertz CT molecular complexity index is 1740. The quantitative estimate of drug-likeness (QED) is 0.303. The van der Waals surface area contributed by atoms with Crippen molar-refractivity contribution >= 4 is 46.7 Å². The molecule has 0 aliphatic carbocycles. The van der Waals surface area contributed by atoms with Gasteiger partial charge in [0.1, 0.15) is 18.4 Å². The molecule has 1 aromatic carbocycles. The van der Waals surface area contributed by atoms with Crippen LogP contribution < -0.4 is 5.32 Å². The van der Waals surface area contributed by atoms with Crippen LogP contribution in [-0.4, -0.2) is 89.4 Å². The Balaban J connectivity index is 1.16. The van der Waals surface area contributed by atoms with Crippen molar-refractivity contribution in [2.75, 3.05) is 13.1 Å². The number of hydrogen-bond acceptors (Lipinski definition) is 8. The van der Waals surface area contributed by atoms with Gasteiger partial charge in [-0.3, -0.25) is 18.9 Å². The second-order valence-corrected chi connectivity index (χ2v) is 15.3. The summed E-state index contributed by atoms with van der Waals surface area (Å²) in [5, 5.41) is 11.2. The molecule has 3 N–H and O–H groups in total. The number of likely N-dealkylation sites (tertiary alicyclic amines) is 1. The second kappa shape index (κ2) is 11.7. The average molecular weight is 681 g/mol. The van der Waals surface area contributed by atoms with Crippen LogP contribution in [0.15, 0.2) is 30.6 Å². The SMILES string of the molecule is CC(C)OC1(c2nncn2C)CN(C(=O)[C@@H]2CC[C@@H]3CCC[C@H](NC(=O)c4cc5cc(C(F)(F)P(=O)(O)O)ccc5s4)C(=O)N32)C1. The van der Waals surface area contributed by atoms with Gasteiger partial charge in [-0.2, -0.15) is 8.78 Å². The van der Waals surface area contributed by atoms with Crippen LogP contribution in [0.5, 0.6) is 0 Å². The molecule has 2 aromatic heterocycles. The summed E-state index contributed by atoms with van der Waals surface area (Å²) in [4.78, 5) is 62.7. The van der Waals surface area contributed by atoms with Crippen LogP contribution in [-0.2, 0) is 37.2 Å². The lowest BCUT2D eigenvalue weighted by Crippen LogP contribution is -2.67. The number of aryl methyl sites for hydroxylation is 1. The Labute approximate surface area is 267 Å². The van der Waals surface area contributed by atoms with Crippen LogP contribution in [0.2, 0.25) is 0 Å². The molecule has 3 saturated heterocycles. The van der Waals surface area contributed by atoms with Gasteiger partial charge in [-0.1, -0.05) is 6.07 Å². The van der Waals surface area contributed by atoms with Crippen molar-refractivity contribution in [1.29, 1.82) is 0 Å². The third-order valence-corrected chi connectivity index (χ3v) is 11.0. The zero-order chi connectivity index (χ0) is 33.2. The van der Waals surface area contributed by atoms with Crippen LogP contribution in [0.4, 0.5) is 8.78 Å². The first-order valence-electron chi connectivity index (χ1n) is 15.0. The molecule has 3 aliphatic heterocycles. The normalized spacial score (nSPS) is 23.4. The van der Waals surface area contributed by atoms with Crippen LogP contribution >= 0.6 is 18.9 Å². The van der Waals surface area contributed by atoms with E-state index in [4.69, 9.17) is 14.5 Å². The molecule has 3 fully saturated rings. The molecule has 3 aromatic rings. The van der Waals surface area contributed by atoms with E-state index in [9.17, 15) is 27.7 Å². The molecule has 0 radical (unpaired) electrons. The van der Waals surface area contributed by atoms with E-state index in [-0.39, 0.29) is 47.3 Å². The molecule has 3 amide bonds. The van der Waals surface area contributed by atoms with Crippen molar-refractivity contribution in [1.82, 2.24) is 29.9 Å². The summed E-state index contributed by atoms with van der Waals surface area (Å²) >= 11 is 1.01. The lowest BCUT2D eigenvalue weighted by Gasteiger charge is -2.50. The highest BCUT2D eigenvalue weighted by Crippen LogP contribution is 2.59. The number of ether oxygens (including phenoxy) is 1. The highest BCUT2D eigenvalue weighted by atomic mass is 32.1. The topological polar surface area (TPSA) is 167 Å². The second-order valence-electron chi connectivity index (χ2n) is 12.5. The van der Waals surface area contributed by atoms with Gasteiger partial charge in [0.25, 0.3) is 5.91 Å². The standard InChI is InChI=1S/C29H35F2N6O7PS/c1-16(2)44-28(27-34-32-15-35(27)3)13-36(14-28)26(40)21-9-8-19-5-4-6-20(25(39)37(19)21)33-24(38)23-12-17-11-18(7-10-22(17)46-23)29(30,31)45(41,42)43/h7,10-12,15-16,19-21H,4-6,8-9,13-14H2,1-3H3,(H,33,38)(H2,41,42,43)/t19-,20-,21-/m0/s1. The van der Waals surface area contributed by atoms with Gasteiger partial charge in [0.2, 0.25) is 11.8 Å². The van der Waals surface area contributed by atoms with E-state index in [0.29, 0.717) is 42.6 Å². The first kappa shape index (κ1) is 32.6. The van der Waals surface area contributed by atoms with Gasteiger partial charge in [0, 0.05) is 23.4 Å². The minimum Gasteiger partial charge on any atom is -0.361 e. The highest BCUT2D eigenvalue weighted by Gasteiger charge is 2.55. The minimum absolute atomic E-state index is 0.120. The molecule has 0 unspecified atom stereocenters. The van der Waals surface area contributed by atoms with E-state index in [1.165, 1.54) is 12.1 Å². The van der Waals surface area contributed by atoms with E-state index < -0.39 is 42.4 Å². The van der Waals surface area contributed by atoms with Gasteiger partial charge in [-0.05, 0) is 69.5 Å². The Kier molecular flexibility index (Phi) is 8.33. The largest absolute Gasteiger partial charge is 0.399 e. The molecule has 3 atom stereocenters. The van der Waals surface area contributed by atoms with E-state index in [0.717, 1.165) is 23.5 Å². The number of alkyl halides is 2. The maximum atomic E-state index is 14.3. The third kappa shape index (κ3) is 5.63. The maximum absolute atomic E-state index is 14.3. The molecule has 46 heavy (non-hydrogen) atoms. The molecule has 13 nitrogen and oxygen atoms in total. The fourth-order valence-corrected chi connectivity index (χ4v) is 8.25. The van der Waals surface area contributed by atoms with Crippen molar-refractivity contribution in [2.45, 2.75) is 81.4 Å². The van der Waals surface area contributed by atoms with Gasteiger partial charge < -0.3 is 34.2 Å². The number of nitrogens with one attached hydrogen (secondary N) is 1. The molecular weight excluding hydrogens is 645 g/mol. The molecule has 6 rings (SSSR count). The Morgan fingerprint density at radius 2 is 1.91 bits per heavy atom. The molecule has 0 bridgehead atoms. The third-order valence-electron chi connectivity index (χ3n) is 8.91. The molecule has 17 heteroatoms. The number of thiophene rings is 1. The molecular formula is C29H35F2N6O7PS. The molecule has 5 heterocycles. The number of rotatable bonds is 8. The van der Waals surface area contributed by atoms with E-state index >= 15 is 0 Å². The number of halogens is 2. The molecule has 0 saturated carbocycles. The predicted octanol–water partition coefficient (Wildman–Crippen LogP) is 3.06. The van der Waals surface area contributed by atoms with Crippen LogP contribution in [0, 0.1) is 0 Å². The van der Waals surface area contributed by atoms with Crippen LogP contribution in [0.25, 0.3) is 10.1 Å². The smallest absolute Gasteiger partial charge is 0.361 e. The summed E-state index contributed by atoms with van der Waals surface area (Å²) < 4.78 is 48.3. The summed E-state index contributed by atoms with van der Waals surface area (Å²) in [6.45, 7) is 4.37. The molecule has 0 spiro atoms. The minimum atomic E-state index is -5.76. The van der Waals surface area contributed by atoms with Crippen molar-refractivity contribution in [3.05, 3.63) is 46.9 Å². The average Bonchev–Trinajstić information content (AvgIpc) is 3.68. The van der Waals surface area contributed by atoms with Gasteiger partial charge in [0.05, 0.1) is 24.1 Å². The van der Waals surface area contributed by atoms with Gasteiger partial charge >= 0.3 is 13.3 Å². The van der Waals surface area contributed by atoms with Crippen molar-refractivity contribution < 1.29 is 42.3 Å². The lowest BCUT2D eigenvalue weighted by molar-refractivity contribution is -0.192. The first-order chi connectivity index (χ1) is 21.6. The summed E-state index contributed by atoms with van der Waals surface area (Å²) in [5.74, 6) is -0.475. The summed E-state index contributed by atoms with van der Waals surface area (Å²) in [6.07, 6.45) is 4.37. The van der Waals surface area contributed by atoms with Crippen LogP contribution in [0.1, 0.15) is 67.0 Å². The Morgan fingerprint density at radius 3 is 2.57 bits per heavy atom. The van der Waals surface area contributed by atoms with Gasteiger partial charge in [-0.25, -0.2) is 0 Å².